The molecule has 1 aliphatic rings. The van der Waals surface area contributed by atoms with Crippen molar-refractivity contribution >= 4 is 44.3 Å². The maximum Gasteiger partial charge on any atom is 0.263 e. The summed E-state index contributed by atoms with van der Waals surface area (Å²) in [6.07, 6.45) is 0.967. The number of halogens is 1. The van der Waals surface area contributed by atoms with Gasteiger partial charge in [-0.2, -0.15) is 0 Å². The average molecular weight is 432 g/mol. The number of hydrogen-bond donors (Lipinski definition) is 1. The Morgan fingerprint density at radius 2 is 1.62 bits per heavy atom. The largest absolute Gasteiger partial charge is 0.352 e. The molecule has 0 aliphatic carbocycles. The Labute approximate surface area is 175 Å². The first-order valence-corrected chi connectivity index (χ1v) is 11.3. The van der Waals surface area contributed by atoms with Crippen LogP contribution in [0.5, 0.6) is 0 Å². The van der Waals surface area contributed by atoms with E-state index in [0.717, 1.165) is 38.1 Å². The lowest BCUT2D eigenvalue weighted by atomic mass is 10.3. The monoisotopic (exact) mass is 431 g/mol. The van der Waals surface area contributed by atoms with Crippen LogP contribution >= 0.6 is 11.6 Å². The standard InChI is InChI=1S/C20H22ClN5O2S/c1-25-11-4-12-26(14-13-25)20-19(22-17-5-2-3-6-18(17)23-20)24-29(27,28)16-9-7-15(21)8-10-16/h2-3,5-10H,4,11-14H2,1H3,(H,22,24). The van der Waals surface area contributed by atoms with Gasteiger partial charge in [0.1, 0.15) is 0 Å². The Balaban J connectivity index is 1.76. The molecular formula is C20H22ClN5O2S. The molecule has 3 aromatic rings. The van der Waals surface area contributed by atoms with Gasteiger partial charge in [-0.25, -0.2) is 18.4 Å². The number of benzene rings is 2. The minimum atomic E-state index is -3.83. The molecule has 0 unspecified atom stereocenters. The van der Waals surface area contributed by atoms with Crippen molar-refractivity contribution in [2.45, 2.75) is 11.3 Å². The Hall–Kier alpha value is -2.42. The Kier molecular flexibility index (Phi) is 5.58. The SMILES string of the molecule is CN1CCCN(c2nc3ccccc3nc2NS(=O)(=O)c2ccc(Cl)cc2)CC1. The summed E-state index contributed by atoms with van der Waals surface area (Å²) in [7, 11) is -1.74. The molecule has 0 spiro atoms. The number of anilines is 2. The van der Waals surface area contributed by atoms with E-state index in [9.17, 15) is 8.42 Å². The highest BCUT2D eigenvalue weighted by molar-refractivity contribution is 7.92. The van der Waals surface area contributed by atoms with Crippen LogP contribution in [0.4, 0.5) is 11.6 Å². The lowest BCUT2D eigenvalue weighted by Gasteiger charge is -2.24. The Morgan fingerprint density at radius 3 is 2.34 bits per heavy atom. The smallest absolute Gasteiger partial charge is 0.263 e. The molecule has 1 N–H and O–H groups in total. The van der Waals surface area contributed by atoms with Crippen molar-refractivity contribution in [2.24, 2.45) is 0 Å². The van der Waals surface area contributed by atoms with Gasteiger partial charge in [0.05, 0.1) is 15.9 Å². The molecule has 7 nitrogen and oxygen atoms in total. The molecule has 2 aromatic carbocycles. The van der Waals surface area contributed by atoms with Gasteiger partial charge in [0.2, 0.25) is 0 Å². The van der Waals surface area contributed by atoms with Crippen LogP contribution in [0, 0.1) is 0 Å². The minimum Gasteiger partial charge on any atom is -0.352 e. The van der Waals surface area contributed by atoms with E-state index in [-0.39, 0.29) is 10.7 Å². The molecule has 2 heterocycles. The van der Waals surface area contributed by atoms with Crippen molar-refractivity contribution in [3.05, 3.63) is 53.6 Å². The Morgan fingerprint density at radius 1 is 0.931 bits per heavy atom. The summed E-state index contributed by atoms with van der Waals surface area (Å²) in [5.74, 6) is 0.791. The summed E-state index contributed by atoms with van der Waals surface area (Å²) in [6.45, 7) is 3.40. The fourth-order valence-corrected chi connectivity index (χ4v) is 4.47. The normalized spacial score (nSPS) is 16.0. The van der Waals surface area contributed by atoms with Gasteiger partial charge in [-0.05, 0) is 56.4 Å². The zero-order valence-electron chi connectivity index (χ0n) is 16.0. The van der Waals surface area contributed by atoms with Crippen molar-refractivity contribution in [2.75, 3.05) is 42.8 Å². The van der Waals surface area contributed by atoms with E-state index in [2.05, 4.69) is 26.6 Å². The number of para-hydroxylation sites is 2. The van der Waals surface area contributed by atoms with Gasteiger partial charge >= 0.3 is 0 Å². The fourth-order valence-electron chi connectivity index (χ4n) is 3.34. The predicted octanol–water partition coefficient (Wildman–Crippen LogP) is 3.23. The highest BCUT2D eigenvalue weighted by atomic mass is 35.5. The van der Waals surface area contributed by atoms with Crippen LogP contribution in [-0.2, 0) is 10.0 Å². The Bertz CT molecular complexity index is 1120. The van der Waals surface area contributed by atoms with E-state index in [1.54, 1.807) is 12.1 Å². The number of hydrogen-bond acceptors (Lipinski definition) is 6. The third-order valence-electron chi connectivity index (χ3n) is 4.93. The van der Waals surface area contributed by atoms with E-state index < -0.39 is 10.0 Å². The summed E-state index contributed by atoms with van der Waals surface area (Å²) in [5.41, 5.74) is 1.37. The molecule has 0 radical (unpaired) electrons. The summed E-state index contributed by atoms with van der Waals surface area (Å²) in [4.78, 5) is 13.8. The first-order chi connectivity index (χ1) is 13.9. The molecule has 1 fully saturated rings. The van der Waals surface area contributed by atoms with Crippen LogP contribution in [0.1, 0.15) is 6.42 Å². The molecule has 0 bridgehead atoms. The highest BCUT2D eigenvalue weighted by Gasteiger charge is 2.23. The molecule has 1 saturated heterocycles. The third-order valence-corrected chi connectivity index (χ3v) is 6.53. The molecule has 1 aliphatic heterocycles. The number of sulfonamides is 1. The first kappa shape index (κ1) is 19.9. The van der Waals surface area contributed by atoms with Gasteiger partial charge in [-0.15, -0.1) is 0 Å². The summed E-state index contributed by atoms with van der Waals surface area (Å²) in [6, 6.07) is 13.5. The van der Waals surface area contributed by atoms with Crippen molar-refractivity contribution < 1.29 is 8.42 Å². The molecule has 29 heavy (non-hydrogen) atoms. The van der Waals surface area contributed by atoms with Crippen LogP contribution in [0.25, 0.3) is 11.0 Å². The molecule has 0 saturated carbocycles. The van der Waals surface area contributed by atoms with Crippen LogP contribution < -0.4 is 9.62 Å². The lowest BCUT2D eigenvalue weighted by Crippen LogP contribution is -2.31. The summed E-state index contributed by atoms with van der Waals surface area (Å²) < 4.78 is 28.6. The van der Waals surface area contributed by atoms with Crippen LogP contribution in [0.15, 0.2) is 53.4 Å². The quantitative estimate of drug-likeness (QED) is 0.683. The van der Waals surface area contributed by atoms with Crippen LogP contribution in [0.2, 0.25) is 5.02 Å². The number of nitrogens with one attached hydrogen (secondary N) is 1. The van der Waals surface area contributed by atoms with Gasteiger partial charge in [-0.3, -0.25) is 4.72 Å². The van der Waals surface area contributed by atoms with Crippen LogP contribution in [0.3, 0.4) is 0 Å². The second kappa shape index (κ2) is 8.14. The zero-order valence-corrected chi connectivity index (χ0v) is 17.6. The first-order valence-electron chi connectivity index (χ1n) is 9.41. The minimum absolute atomic E-state index is 0.124. The van der Waals surface area contributed by atoms with Crippen molar-refractivity contribution in [1.82, 2.24) is 14.9 Å². The maximum absolute atomic E-state index is 13.0. The lowest BCUT2D eigenvalue weighted by molar-refractivity contribution is 0.360. The second-order valence-corrected chi connectivity index (χ2v) is 9.21. The second-order valence-electron chi connectivity index (χ2n) is 7.09. The molecule has 0 amide bonds. The molecule has 152 valence electrons. The van der Waals surface area contributed by atoms with Crippen molar-refractivity contribution in [3.8, 4) is 0 Å². The fraction of sp³-hybridized carbons (Fsp3) is 0.300. The van der Waals surface area contributed by atoms with E-state index in [1.165, 1.54) is 12.1 Å². The van der Waals surface area contributed by atoms with Gasteiger partial charge in [0.25, 0.3) is 10.0 Å². The summed E-state index contributed by atoms with van der Waals surface area (Å²) >= 11 is 5.89. The van der Waals surface area contributed by atoms with Crippen molar-refractivity contribution in [3.63, 3.8) is 0 Å². The number of nitrogens with zero attached hydrogens (tertiary/aromatic N) is 4. The van der Waals surface area contributed by atoms with Crippen molar-refractivity contribution in [1.29, 1.82) is 0 Å². The highest BCUT2D eigenvalue weighted by Crippen LogP contribution is 2.28. The van der Waals surface area contributed by atoms with E-state index in [1.807, 2.05) is 24.3 Å². The molecule has 4 rings (SSSR count). The number of fused-ring (bicyclic) bond motifs is 1. The number of aromatic nitrogens is 2. The number of rotatable bonds is 4. The number of likely N-dealkylation sites (N-methyl/N-ethyl adjacent to an activating group) is 1. The molecule has 0 atom stereocenters. The van der Waals surface area contributed by atoms with Gasteiger partial charge < -0.3 is 9.80 Å². The van der Waals surface area contributed by atoms with Gasteiger partial charge in [-0.1, -0.05) is 23.7 Å². The third kappa shape index (κ3) is 4.44. The zero-order chi connectivity index (χ0) is 20.4. The van der Waals surface area contributed by atoms with Crippen LogP contribution in [-0.4, -0.2) is 56.5 Å². The molecule has 1 aromatic heterocycles. The van der Waals surface area contributed by atoms with E-state index in [4.69, 9.17) is 16.6 Å². The van der Waals surface area contributed by atoms with Gasteiger partial charge in [0, 0.05) is 24.7 Å². The maximum atomic E-state index is 13.0. The molecular weight excluding hydrogens is 410 g/mol. The summed E-state index contributed by atoms with van der Waals surface area (Å²) in [5, 5.41) is 0.476. The average Bonchev–Trinajstić information content (AvgIpc) is 2.92. The predicted molar refractivity (Wildman–Crippen MR) is 116 cm³/mol. The van der Waals surface area contributed by atoms with E-state index >= 15 is 0 Å². The van der Waals surface area contributed by atoms with E-state index in [0.29, 0.717) is 16.4 Å². The van der Waals surface area contributed by atoms with Gasteiger partial charge in [0.15, 0.2) is 11.6 Å². The molecule has 9 heteroatoms. The topological polar surface area (TPSA) is 78.4 Å².